The second-order valence-electron chi connectivity index (χ2n) is 21.3. The number of Topliss-reactive ketones (excluding diaryl/α,β-unsaturated/α-hetero) is 2. The lowest BCUT2D eigenvalue weighted by Gasteiger charge is -2.39. The first-order valence-corrected chi connectivity index (χ1v) is 31.0. The van der Waals surface area contributed by atoms with E-state index in [9.17, 15) is 9.59 Å². The van der Waals surface area contributed by atoms with Gasteiger partial charge >= 0.3 is 0 Å². The molecule has 6 heteroatoms. The lowest BCUT2D eigenvalue weighted by molar-refractivity contribution is 0.0971. The zero-order valence-electron chi connectivity index (χ0n) is 44.5. The molecular formula is C61H102N2O2S2. The SMILES string of the molecule is CCCCCCCCCCCCCCCCCC(=O)c1cc(Cc2cc3c(c(C(=O)CCCCCCCCCCCCCCCCC)c2)NC(CC)(CC)CS3)cc2c1NC(CC)(CC)CS2. The number of carbonyl (C=O) groups excluding carboxylic acids is 2. The van der Waals surface area contributed by atoms with Crippen molar-refractivity contribution >= 4 is 46.5 Å². The normalized spacial score (nSPS) is 14.9. The Morgan fingerprint density at radius 1 is 0.403 bits per heavy atom. The summed E-state index contributed by atoms with van der Waals surface area (Å²) in [6, 6.07) is 9.10. The summed E-state index contributed by atoms with van der Waals surface area (Å²) in [5.41, 5.74) is 6.28. The van der Waals surface area contributed by atoms with Gasteiger partial charge < -0.3 is 10.6 Å². The zero-order chi connectivity index (χ0) is 48.0. The third-order valence-electron chi connectivity index (χ3n) is 15.8. The molecule has 2 N–H and O–H groups in total. The lowest BCUT2D eigenvalue weighted by atomic mass is 9.90. The predicted octanol–water partition coefficient (Wildman–Crippen LogP) is 20.3. The van der Waals surface area contributed by atoms with Gasteiger partial charge in [0.25, 0.3) is 0 Å². The standard InChI is InChI=1S/C61H102N2O2S2/c1-7-13-15-17-19-21-23-25-27-29-31-33-35-37-39-41-54(64)52-44-50(46-56-58(52)62-60(9-3,10-4)48-66-56)43-51-45-53(59-57(47-51)67-49-61(11-5,12-6)63-59)55(65)42-40-38-36-34-32-30-28-26-24-22-20-18-16-14-8-2/h44-47,62-63H,7-43,48-49H2,1-6H3. The Bertz CT molecular complexity index is 1560. The first-order chi connectivity index (χ1) is 32.8. The van der Waals surface area contributed by atoms with Crippen molar-refractivity contribution < 1.29 is 9.59 Å². The van der Waals surface area contributed by atoms with E-state index in [0.29, 0.717) is 12.8 Å². The molecule has 0 saturated heterocycles. The molecule has 0 aliphatic carbocycles. The molecule has 0 spiro atoms. The van der Waals surface area contributed by atoms with Gasteiger partial charge in [-0.3, -0.25) is 9.59 Å². The Balaban J connectivity index is 1.34. The highest BCUT2D eigenvalue weighted by atomic mass is 32.2. The van der Waals surface area contributed by atoms with Crippen LogP contribution in [0.2, 0.25) is 0 Å². The van der Waals surface area contributed by atoms with Crippen molar-refractivity contribution in [2.45, 2.75) is 300 Å². The van der Waals surface area contributed by atoms with Crippen LogP contribution < -0.4 is 10.6 Å². The highest BCUT2D eigenvalue weighted by Gasteiger charge is 2.35. The molecule has 2 aromatic carbocycles. The second kappa shape index (κ2) is 33.6. The van der Waals surface area contributed by atoms with E-state index >= 15 is 0 Å². The summed E-state index contributed by atoms with van der Waals surface area (Å²) in [5.74, 6) is 2.59. The Kier molecular flexibility index (Phi) is 28.9. The highest BCUT2D eigenvalue weighted by Crippen LogP contribution is 2.46. The van der Waals surface area contributed by atoms with Crippen LogP contribution in [-0.2, 0) is 6.42 Å². The van der Waals surface area contributed by atoms with Crippen molar-refractivity contribution in [3.8, 4) is 0 Å². The number of rotatable bonds is 40. The van der Waals surface area contributed by atoms with Gasteiger partial charge in [0.05, 0.1) is 11.4 Å². The van der Waals surface area contributed by atoms with Crippen LogP contribution in [0, 0.1) is 0 Å². The molecule has 0 aromatic heterocycles. The van der Waals surface area contributed by atoms with E-state index in [1.807, 2.05) is 23.5 Å². The fourth-order valence-corrected chi connectivity index (χ4v) is 13.5. The van der Waals surface area contributed by atoms with Crippen molar-refractivity contribution in [1.82, 2.24) is 0 Å². The monoisotopic (exact) mass is 959 g/mol. The summed E-state index contributed by atoms with van der Waals surface area (Å²) in [6.45, 7) is 13.7. The summed E-state index contributed by atoms with van der Waals surface area (Å²) < 4.78 is 0. The second-order valence-corrected chi connectivity index (χ2v) is 23.3. The number of fused-ring (bicyclic) bond motifs is 2. The van der Waals surface area contributed by atoms with E-state index in [2.05, 4.69) is 76.4 Å². The van der Waals surface area contributed by atoms with Crippen LogP contribution >= 0.6 is 23.5 Å². The first kappa shape index (κ1) is 57.7. The summed E-state index contributed by atoms with van der Waals surface area (Å²) in [5, 5.41) is 7.89. The Morgan fingerprint density at radius 3 is 0.940 bits per heavy atom. The summed E-state index contributed by atoms with van der Waals surface area (Å²) >= 11 is 3.85. The van der Waals surface area contributed by atoms with E-state index in [1.54, 1.807) is 0 Å². The maximum absolute atomic E-state index is 14.3. The first-order valence-electron chi connectivity index (χ1n) is 29.0. The topological polar surface area (TPSA) is 58.2 Å². The molecule has 2 aromatic rings. The molecule has 0 amide bonds. The third kappa shape index (κ3) is 20.4. The number of ketones is 2. The number of unbranched alkanes of at least 4 members (excludes halogenated alkanes) is 28. The van der Waals surface area contributed by atoms with Crippen LogP contribution in [0.3, 0.4) is 0 Å². The number of carbonyl (C=O) groups is 2. The van der Waals surface area contributed by atoms with Crippen molar-refractivity contribution in [2.24, 2.45) is 0 Å². The average Bonchev–Trinajstić information content (AvgIpc) is 3.35. The van der Waals surface area contributed by atoms with E-state index < -0.39 is 0 Å². The Labute approximate surface area is 422 Å². The predicted molar refractivity (Wildman–Crippen MR) is 299 cm³/mol. The fourth-order valence-electron chi connectivity index (χ4n) is 10.6. The summed E-state index contributed by atoms with van der Waals surface area (Å²) in [4.78, 5) is 31.0. The quantitative estimate of drug-likeness (QED) is 0.0513. The number of anilines is 2. The molecule has 4 rings (SSSR count). The minimum atomic E-state index is 0.0136. The fraction of sp³-hybridized carbons (Fsp3) is 0.770. The van der Waals surface area contributed by atoms with Crippen LogP contribution in [0.5, 0.6) is 0 Å². The molecule has 0 fully saturated rings. The molecule has 2 aliphatic heterocycles. The zero-order valence-corrected chi connectivity index (χ0v) is 46.2. The molecule has 0 saturated carbocycles. The van der Waals surface area contributed by atoms with Crippen molar-refractivity contribution in [1.29, 1.82) is 0 Å². The molecule has 67 heavy (non-hydrogen) atoms. The molecule has 0 radical (unpaired) electrons. The van der Waals surface area contributed by atoms with E-state index in [-0.39, 0.29) is 22.6 Å². The maximum atomic E-state index is 14.3. The average molecular weight is 960 g/mol. The van der Waals surface area contributed by atoms with Gasteiger partial charge in [-0.2, -0.15) is 0 Å². The summed E-state index contributed by atoms with van der Waals surface area (Å²) in [6.07, 6.45) is 46.0. The number of hydrogen-bond donors (Lipinski definition) is 2. The molecule has 4 nitrogen and oxygen atoms in total. The van der Waals surface area contributed by atoms with Crippen LogP contribution in [0.15, 0.2) is 34.1 Å². The van der Waals surface area contributed by atoms with Crippen molar-refractivity contribution in [2.75, 3.05) is 22.1 Å². The van der Waals surface area contributed by atoms with Crippen molar-refractivity contribution in [3.05, 3.63) is 46.5 Å². The van der Waals surface area contributed by atoms with Gasteiger partial charge in [0.15, 0.2) is 11.6 Å². The van der Waals surface area contributed by atoms with Gasteiger partial charge in [-0.25, -0.2) is 0 Å². The number of nitrogens with one attached hydrogen (secondary N) is 2. The van der Waals surface area contributed by atoms with Crippen LogP contribution in [0.4, 0.5) is 11.4 Å². The van der Waals surface area contributed by atoms with E-state index in [4.69, 9.17) is 0 Å². The van der Waals surface area contributed by atoms with Gasteiger partial charge in [-0.15, -0.1) is 23.5 Å². The smallest absolute Gasteiger partial charge is 0.165 e. The molecule has 0 atom stereocenters. The minimum Gasteiger partial charge on any atom is -0.377 e. The number of benzene rings is 2. The van der Waals surface area contributed by atoms with Gasteiger partial charge in [-0.05, 0) is 80.3 Å². The number of thioether (sulfide) groups is 2. The van der Waals surface area contributed by atoms with Crippen LogP contribution in [0.25, 0.3) is 0 Å². The minimum absolute atomic E-state index is 0.0136. The van der Waals surface area contributed by atoms with Crippen LogP contribution in [0.1, 0.15) is 305 Å². The van der Waals surface area contributed by atoms with Crippen LogP contribution in [-0.4, -0.2) is 34.2 Å². The molecule has 380 valence electrons. The Morgan fingerprint density at radius 2 is 0.672 bits per heavy atom. The van der Waals surface area contributed by atoms with Gasteiger partial charge in [0.1, 0.15) is 0 Å². The molecule has 2 aliphatic rings. The van der Waals surface area contributed by atoms with E-state index in [1.165, 1.54) is 188 Å². The van der Waals surface area contributed by atoms with Gasteiger partial charge in [0.2, 0.25) is 0 Å². The maximum Gasteiger partial charge on any atom is 0.165 e. The molecule has 0 bridgehead atoms. The van der Waals surface area contributed by atoms with Gasteiger partial charge in [0, 0.05) is 56.3 Å². The van der Waals surface area contributed by atoms with E-state index in [0.717, 1.165) is 91.8 Å². The Hall–Kier alpha value is -1.92. The lowest BCUT2D eigenvalue weighted by Crippen LogP contribution is -2.42. The molecule has 2 heterocycles. The highest BCUT2D eigenvalue weighted by molar-refractivity contribution is 7.99. The van der Waals surface area contributed by atoms with Gasteiger partial charge in [-0.1, -0.05) is 221 Å². The third-order valence-corrected chi connectivity index (χ3v) is 18.5. The van der Waals surface area contributed by atoms with Crippen molar-refractivity contribution in [3.63, 3.8) is 0 Å². The number of hydrogen-bond acceptors (Lipinski definition) is 6. The molecular weight excluding hydrogens is 857 g/mol. The largest absolute Gasteiger partial charge is 0.377 e. The summed E-state index contributed by atoms with van der Waals surface area (Å²) in [7, 11) is 0. The molecule has 0 unspecified atom stereocenters.